The van der Waals surface area contributed by atoms with Gasteiger partial charge in [-0.2, -0.15) is 0 Å². The molecular formula is C28H31FN4O2. The first-order chi connectivity index (χ1) is 17.1. The summed E-state index contributed by atoms with van der Waals surface area (Å²) < 4.78 is 20.7. The number of methoxy groups -OCH3 is 1. The summed E-state index contributed by atoms with van der Waals surface area (Å²) in [6.07, 6.45) is 3.87. The molecule has 1 N–H and O–H groups in total. The molecule has 0 aliphatic carbocycles. The molecule has 5 rings (SSSR count). The van der Waals surface area contributed by atoms with Gasteiger partial charge < -0.3 is 19.3 Å². The average molecular weight is 475 g/mol. The Bertz CT molecular complexity index is 1250. The molecule has 2 aromatic carbocycles. The molecular weight excluding hydrogens is 443 g/mol. The van der Waals surface area contributed by atoms with Gasteiger partial charge in [0.25, 0.3) is 0 Å². The fraction of sp³-hybridized carbons (Fsp3) is 0.357. The highest BCUT2D eigenvalue weighted by atomic mass is 19.1. The molecule has 1 saturated heterocycles. The number of aliphatic hydroxyl groups excluding tert-OH is 1. The summed E-state index contributed by atoms with van der Waals surface area (Å²) in [4.78, 5) is 11.6. The van der Waals surface area contributed by atoms with Gasteiger partial charge in [0.05, 0.1) is 12.6 Å². The van der Waals surface area contributed by atoms with Crippen LogP contribution in [-0.4, -0.2) is 51.3 Å². The maximum absolute atomic E-state index is 13.4. The number of aliphatic hydroxyl groups is 1. The molecule has 0 bridgehead atoms. The Hall–Kier alpha value is -3.29. The zero-order valence-corrected chi connectivity index (χ0v) is 20.0. The van der Waals surface area contributed by atoms with Gasteiger partial charge >= 0.3 is 0 Å². The molecule has 7 heteroatoms. The Labute approximate surface area is 205 Å². The Morgan fingerprint density at radius 2 is 1.74 bits per heavy atom. The largest absolute Gasteiger partial charge is 0.497 e. The van der Waals surface area contributed by atoms with E-state index in [1.54, 1.807) is 25.4 Å². The zero-order valence-electron chi connectivity index (χ0n) is 20.0. The first kappa shape index (κ1) is 23.5. The lowest BCUT2D eigenvalue weighted by Gasteiger charge is -2.34. The van der Waals surface area contributed by atoms with Crippen molar-refractivity contribution in [3.63, 3.8) is 0 Å². The van der Waals surface area contributed by atoms with Crippen LogP contribution in [0.1, 0.15) is 35.9 Å². The van der Waals surface area contributed by atoms with Crippen LogP contribution in [0.5, 0.6) is 5.75 Å². The Morgan fingerprint density at radius 3 is 2.46 bits per heavy atom. The van der Waals surface area contributed by atoms with E-state index in [0.29, 0.717) is 18.0 Å². The van der Waals surface area contributed by atoms with Crippen molar-refractivity contribution in [3.05, 3.63) is 89.6 Å². The molecule has 1 fully saturated rings. The number of aromatic nitrogens is 3. The van der Waals surface area contributed by atoms with Gasteiger partial charge in [-0.05, 0) is 85.8 Å². The van der Waals surface area contributed by atoms with Crippen LogP contribution in [-0.2, 0) is 13.0 Å². The SMILES string of the molecule is COc1ccc(CCN2CCC(C(O)c3nc4ncccc4n3Cc3ccc(F)cc3)CC2)cc1. The normalized spacial score (nSPS) is 16.0. The third-order valence-corrected chi connectivity index (χ3v) is 7.03. The van der Waals surface area contributed by atoms with Crippen LogP contribution in [0.15, 0.2) is 66.9 Å². The van der Waals surface area contributed by atoms with Crippen LogP contribution in [0.3, 0.4) is 0 Å². The van der Waals surface area contributed by atoms with Crippen LogP contribution in [0.4, 0.5) is 4.39 Å². The molecule has 182 valence electrons. The van der Waals surface area contributed by atoms with Crippen molar-refractivity contribution in [1.82, 2.24) is 19.4 Å². The molecule has 2 aromatic heterocycles. The predicted octanol–water partition coefficient (Wildman–Crippen LogP) is 4.62. The maximum Gasteiger partial charge on any atom is 0.178 e. The number of hydrogen-bond acceptors (Lipinski definition) is 5. The van der Waals surface area contributed by atoms with E-state index in [9.17, 15) is 9.50 Å². The van der Waals surface area contributed by atoms with E-state index in [1.807, 2.05) is 28.8 Å². The molecule has 0 saturated carbocycles. The van der Waals surface area contributed by atoms with Crippen molar-refractivity contribution in [1.29, 1.82) is 0 Å². The minimum Gasteiger partial charge on any atom is -0.497 e. The molecule has 3 heterocycles. The summed E-state index contributed by atoms with van der Waals surface area (Å²) in [6.45, 7) is 3.42. The number of piperidine rings is 1. The van der Waals surface area contributed by atoms with Gasteiger partial charge in [-0.25, -0.2) is 14.4 Å². The number of hydrogen-bond donors (Lipinski definition) is 1. The van der Waals surface area contributed by atoms with Crippen molar-refractivity contribution >= 4 is 11.2 Å². The minimum atomic E-state index is -0.673. The van der Waals surface area contributed by atoms with Gasteiger partial charge in [-0.3, -0.25) is 0 Å². The lowest BCUT2D eigenvalue weighted by atomic mass is 9.90. The minimum absolute atomic E-state index is 0.135. The standard InChI is InChI=1S/C28H31FN4O2/c1-35-24-10-6-20(7-11-24)12-16-32-17-13-22(14-18-32)26(34)28-31-27-25(3-2-15-30-27)33(28)19-21-4-8-23(29)9-5-21/h2-11,15,22,26,34H,12-14,16-19H2,1H3. The molecule has 4 aromatic rings. The summed E-state index contributed by atoms with van der Waals surface area (Å²) in [7, 11) is 1.68. The summed E-state index contributed by atoms with van der Waals surface area (Å²) in [5.74, 6) is 1.39. The third kappa shape index (κ3) is 5.36. The highest BCUT2D eigenvalue weighted by Crippen LogP contribution is 2.32. The van der Waals surface area contributed by atoms with E-state index < -0.39 is 6.10 Å². The van der Waals surface area contributed by atoms with Crippen LogP contribution in [0.2, 0.25) is 0 Å². The van der Waals surface area contributed by atoms with Crippen molar-refractivity contribution < 1.29 is 14.2 Å². The lowest BCUT2D eigenvalue weighted by molar-refractivity contribution is 0.0514. The number of ether oxygens (including phenoxy) is 1. The van der Waals surface area contributed by atoms with Crippen LogP contribution >= 0.6 is 0 Å². The number of benzene rings is 2. The Morgan fingerprint density at radius 1 is 1.03 bits per heavy atom. The van der Waals surface area contributed by atoms with E-state index in [4.69, 9.17) is 9.72 Å². The lowest BCUT2D eigenvalue weighted by Crippen LogP contribution is -2.37. The van der Waals surface area contributed by atoms with Gasteiger partial charge in [0.2, 0.25) is 0 Å². The van der Waals surface area contributed by atoms with Crippen molar-refractivity contribution in [2.24, 2.45) is 5.92 Å². The summed E-state index contributed by atoms with van der Waals surface area (Å²) in [5.41, 5.74) is 3.76. The van der Waals surface area contributed by atoms with Crippen LogP contribution in [0.25, 0.3) is 11.2 Å². The van der Waals surface area contributed by atoms with E-state index in [-0.39, 0.29) is 11.7 Å². The van der Waals surface area contributed by atoms with Gasteiger partial charge in [-0.15, -0.1) is 0 Å². The molecule has 1 aliphatic heterocycles. The van der Waals surface area contributed by atoms with Gasteiger partial charge in [-0.1, -0.05) is 24.3 Å². The number of pyridine rings is 1. The predicted molar refractivity (Wildman–Crippen MR) is 134 cm³/mol. The molecule has 0 radical (unpaired) electrons. The maximum atomic E-state index is 13.4. The molecule has 1 aliphatic rings. The number of likely N-dealkylation sites (tertiary alicyclic amines) is 1. The smallest absolute Gasteiger partial charge is 0.178 e. The number of fused-ring (bicyclic) bond motifs is 1. The molecule has 1 atom stereocenters. The summed E-state index contributed by atoms with van der Waals surface area (Å²) in [5, 5.41) is 11.4. The van der Waals surface area contributed by atoms with Gasteiger partial charge in [0, 0.05) is 19.3 Å². The second-order valence-electron chi connectivity index (χ2n) is 9.25. The number of imidazole rings is 1. The average Bonchev–Trinajstić information content (AvgIpc) is 3.27. The van der Waals surface area contributed by atoms with Crippen LogP contribution < -0.4 is 4.74 Å². The summed E-state index contributed by atoms with van der Waals surface area (Å²) >= 11 is 0. The van der Waals surface area contributed by atoms with E-state index in [0.717, 1.165) is 55.7 Å². The van der Waals surface area contributed by atoms with Gasteiger partial charge in [0.15, 0.2) is 5.65 Å². The Balaban J connectivity index is 1.25. The molecule has 0 spiro atoms. The quantitative estimate of drug-likeness (QED) is 0.404. The fourth-order valence-electron chi connectivity index (χ4n) is 4.92. The topological polar surface area (TPSA) is 63.4 Å². The van der Waals surface area contributed by atoms with Gasteiger partial charge in [0.1, 0.15) is 23.5 Å². The number of rotatable bonds is 8. The first-order valence-electron chi connectivity index (χ1n) is 12.2. The van der Waals surface area contributed by atoms with Crippen molar-refractivity contribution in [2.75, 3.05) is 26.7 Å². The second kappa shape index (κ2) is 10.5. The fourth-order valence-corrected chi connectivity index (χ4v) is 4.92. The van der Waals surface area contributed by atoms with Crippen molar-refractivity contribution in [3.8, 4) is 5.75 Å². The van der Waals surface area contributed by atoms with E-state index in [2.05, 4.69) is 22.0 Å². The molecule has 0 amide bonds. The number of nitrogens with zero attached hydrogens (tertiary/aromatic N) is 4. The highest BCUT2D eigenvalue weighted by molar-refractivity contribution is 5.71. The first-order valence-corrected chi connectivity index (χ1v) is 12.2. The van der Waals surface area contributed by atoms with E-state index >= 15 is 0 Å². The third-order valence-electron chi connectivity index (χ3n) is 7.03. The number of halogens is 1. The second-order valence-corrected chi connectivity index (χ2v) is 9.25. The summed E-state index contributed by atoms with van der Waals surface area (Å²) in [6, 6.07) is 18.6. The molecule has 1 unspecified atom stereocenters. The monoisotopic (exact) mass is 474 g/mol. The highest BCUT2D eigenvalue weighted by Gasteiger charge is 2.30. The van der Waals surface area contributed by atoms with E-state index in [1.165, 1.54) is 17.7 Å². The zero-order chi connectivity index (χ0) is 24.2. The van der Waals surface area contributed by atoms with Crippen molar-refractivity contribution in [2.45, 2.75) is 31.9 Å². The molecule has 35 heavy (non-hydrogen) atoms. The Kier molecular flexibility index (Phi) is 7.06. The van der Waals surface area contributed by atoms with Crippen LogP contribution in [0, 0.1) is 11.7 Å². The molecule has 6 nitrogen and oxygen atoms in total.